The van der Waals surface area contributed by atoms with Crippen LogP contribution in [0.25, 0.3) is 0 Å². The van der Waals surface area contributed by atoms with E-state index in [-0.39, 0.29) is 6.42 Å². The largest absolute Gasteiger partial charge is 0.469 e. The van der Waals surface area contributed by atoms with Crippen molar-refractivity contribution in [2.75, 3.05) is 19.0 Å². The summed E-state index contributed by atoms with van der Waals surface area (Å²) in [5.74, 6) is -2.51. The average molecular weight is 516 g/mol. The van der Waals surface area contributed by atoms with Crippen molar-refractivity contribution in [2.45, 2.75) is 44.9 Å². The first kappa shape index (κ1) is 27.0. The molecule has 1 aliphatic heterocycles. The molecule has 10 heteroatoms. The molecule has 2 aromatic carbocycles. The maximum atomic E-state index is 13.5. The maximum absolute atomic E-state index is 13.5. The number of likely N-dealkylation sites (tertiary alicyclic amines) is 1. The predicted octanol–water partition coefficient (Wildman–Crippen LogP) is 3.93. The molecular formula is C26H30ClN3O6. The van der Waals surface area contributed by atoms with Crippen LogP contribution >= 0.6 is 11.6 Å². The molecule has 0 saturated carbocycles. The Bertz CT molecular complexity index is 1100. The molecule has 3 atom stereocenters. The van der Waals surface area contributed by atoms with Gasteiger partial charge in [0.15, 0.2) is 0 Å². The first-order chi connectivity index (χ1) is 17.0. The lowest BCUT2D eigenvalue weighted by Gasteiger charge is -2.32. The molecule has 1 saturated heterocycles. The minimum atomic E-state index is -1.04. The number of nitrogens with zero attached hydrogens (tertiary/aromatic N) is 1. The van der Waals surface area contributed by atoms with Gasteiger partial charge in [0.1, 0.15) is 11.6 Å². The lowest BCUT2D eigenvalue weighted by Crippen LogP contribution is -2.48. The molecule has 0 aromatic heterocycles. The molecule has 1 fully saturated rings. The van der Waals surface area contributed by atoms with Gasteiger partial charge in [-0.2, -0.15) is 0 Å². The van der Waals surface area contributed by atoms with Gasteiger partial charge in [0.2, 0.25) is 5.91 Å². The zero-order chi connectivity index (χ0) is 26.5. The molecule has 3 amide bonds. The quantitative estimate of drug-likeness (QED) is 0.563. The summed E-state index contributed by atoms with van der Waals surface area (Å²) in [4.78, 5) is 53.0. The highest BCUT2D eigenvalue weighted by Gasteiger charge is 2.51. The van der Waals surface area contributed by atoms with Crippen LogP contribution < -0.4 is 10.6 Å². The molecule has 0 spiro atoms. The van der Waals surface area contributed by atoms with E-state index in [1.165, 1.54) is 12.0 Å². The second-order valence-corrected chi connectivity index (χ2v) is 9.82. The van der Waals surface area contributed by atoms with Crippen LogP contribution in [0, 0.1) is 5.92 Å². The second kappa shape index (κ2) is 11.4. The molecule has 0 bridgehead atoms. The van der Waals surface area contributed by atoms with E-state index in [0.717, 1.165) is 0 Å². The van der Waals surface area contributed by atoms with Crippen molar-refractivity contribution in [1.29, 1.82) is 0 Å². The standard InChI is InChI=1S/C26H30ClN3O6/c1-26(2,3)36-24(33)20-14-19(23(32)35-4)22(16-8-6-5-7-9-16)30(20)21(31)15-28-25(34)29-18-12-10-17(27)11-13-18/h5-13,19-20,22H,14-15H2,1-4H3,(H2,28,29,34). The summed E-state index contributed by atoms with van der Waals surface area (Å²) in [5.41, 5.74) is 0.358. The Morgan fingerprint density at radius 3 is 2.22 bits per heavy atom. The number of urea groups is 1. The zero-order valence-corrected chi connectivity index (χ0v) is 21.4. The fourth-order valence-corrected chi connectivity index (χ4v) is 4.28. The summed E-state index contributed by atoms with van der Waals surface area (Å²) >= 11 is 5.86. The molecule has 9 nitrogen and oxygen atoms in total. The summed E-state index contributed by atoms with van der Waals surface area (Å²) in [6, 6.07) is 13.0. The number of rotatable bonds is 6. The van der Waals surface area contributed by atoms with Crippen LogP contribution in [0.2, 0.25) is 5.02 Å². The zero-order valence-electron chi connectivity index (χ0n) is 20.6. The van der Waals surface area contributed by atoms with Gasteiger partial charge in [-0.3, -0.25) is 9.59 Å². The van der Waals surface area contributed by atoms with Crippen LogP contribution in [0.4, 0.5) is 10.5 Å². The van der Waals surface area contributed by atoms with E-state index in [4.69, 9.17) is 21.1 Å². The molecule has 2 aromatic rings. The minimum absolute atomic E-state index is 0.0316. The Morgan fingerprint density at radius 1 is 1.00 bits per heavy atom. The van der Waals surface area contributed by atoms with Crippen LogP contribution in [0.5, 0.6) is 0 Å². The first-order valence-electron chi connectivity index (χ1n) is 11.5. The number of hydrogen-bond donors (Lipinski definition) is 2. The molecule has 3 rings (SSSR count). The Balaban J connectivity index is 1.86. The fraction of sp³-hybridized carbons (Fsp3) is 0.385. The third-order valence-electron chi connectivity index (χ3n) is 5.61. The summed E-state index contributed by atoms with van der Waals surface area (Å²) < 4.78 is 10.6. The lowest BCUT2D eigenvalue weighted by molar-refractivity contribution is -0.164. The highest BCUT2D eigenvalue weighted by Crippen LogP contribution is 2.42. The van der Waals surface area contributed by atoms with Crippen LogP contribution in [0.15, 0.2) is 54.6 Å². The van der Waals surface area contributed by atoms with Crippen molar-refractivity contribution in [3.8, 4) is 0 Å². The van der Waals surface area contributed by atoms with Crippen LogP contribution in [0.3, 0.4) is 0 Å². The van der Waals surface area contributed by atoms with Gasteiger partial charge in [0.25, 0.3) is 0 Å². The number of amides is 3. The lowest BCUT2D eigenvalue weighted by atomic mass is 9.93. The summed E-state index contributed by atoms with van der Waals surface area (Å²) in [6.45, 7) is 4.76. The first-order valence-corrected chi connectivity index (χ1v) is 11.8. The van der Waals surface area contributed by atoms with E-state index in [1.807, 2.05) is 6.07 Å². The third kappa shape index (κ3) is 6.75. The minimum Gasteiger partial charge on any atom is -0.469 e. The number of nitrogens with one attached hydrogen (secondary N) is 2. The van der Waals surface area contributed by atoms with Crippen molar-refractivity contribution in [3.05, 3.63) is 65.2 Å². The third-order valence-corrected chi connectivity index (χ3v) is 5.86. The normalized spacial score (nSPS) is 19.4. The summed E-state index contributed by atoms with van der Waals surface area (Å²) in [6.07, 6.45) is 0.0316. The number of halogens is 1. The number of esters is 2. The van der Waals surface area contributed by atoms with E-state index in [1.54, 1.807) is 69.3 Å². The highest BCUT2D eigenvalue weighted by atomic mass is 35.5. The number of ether oxygens (including phenoxy) is 2. The van der Waals surface area contributed by atoms with Gasteiger partial charge in [-0.1, -0.05) is 41.9 Å². The van der Waals surface area contributed by atoms with E-state index < -0.39 is 54.0 Å². The molecule has 2 N–H and O–H groups in total. The van der Waals surface area contributed by atoms with Crippen molar-refractivity contribution in [1.82, 2.24) is 10.2 Å². The molecule has 192 valence electrons. The smallest absolute Gasteiger partial charge is 0.329 e. The van der Waals surface area contributed by atoms with E-state index in [2.05, 4.69) is 10.6 Å². The predicted molar refractivity (Wildman–Crippen MR) is 134 cm³/mol. The molecule has 3 unspecified atom stereocenters. The molecule has 0 radical (unpaired) electrons. The molecule has 1 aliphatic rings. The average Bonchev–Trinajstić information content (AvgIpc) is 3.24. The van der Waals surface area contributed by atoms with Crippen molar-refractivity contribution in [3.63, 3.8) is 0 Å². The van der Waals surface area contributed by atoms with Gasteiger partial charge < -0.3 is 25.0 Å². The van der Waals surface area contributed by atoms with Gasteiger partial charge in [-0.25, -0.2) is 9.59 Å². The Labute approximate surface area is 215 Å². The molecule has 0 aliphatic carbocycles. The van der Waals surface area contributed by atoms with Gasteiger partial charge in [0, 0.05) is 10.7 Å². The summed E-state index contributed by atoms with van der Waals surface area (Å²) in [5, 5.41) is 5.65. The van der Waals surface area contributed by atoms with Gasteiger partial charge in [0.05, 0.1) is 25.6 Å². The number of benzene rings is 2. The van der Waals surface area contributed by atoms with E-state index in [9.17, 15) is 19.2 Å². The van der Waals surface area contributed by atoms with E-state index in [0.29, 0.717) is 16.3 Å². The number of carbonyl (C=O) groups is 4. The number of methoxy groups -OCH3 is 1. The summed E-state index contributed by atoms with van der Waals surface area (Å²) in [7, 11) is 1.26. The SMILES string of the molecule is COC(=O)C1CC(C(=O)OC(C)(C)C)N(C(=O)CNC(=O)Nc2ccc(Cl)cc2)C1c1ccccc1. The highest BCUT2D eigenvalue weighted by molar-refractivity contribution is 6.30. The van der Waals surface area contributed by atoms with Crippen LogP contribution in [0.1, 0.15) is 38.8 Å². The van der Waals surface area contributed by atoms with Crippen LogP contribution in [-0.4, -0.2) is 54.1 Å². The molecular weight excluding hydrogens is 486 g/mol. The van der Waals surface area contributed by atoms with Crippen molar-refractivity contribution in [2.24, 2.45) is 5.92 Å². The van der Waals surface area contributed by atoms with Gasteiger partial charge in [-0.15, -0.1) is 0 Å². The Kier molecular flexibility index (Phi) is 8.57. The monoisotopic (exact) mass is 515 g/mol. The maximum Gasteiger partial charge on any atom is 0.329 e. The molecule has 36 heavy (non-hydrogen) atoms. The fourth-order valence-electron chi connectivity index (χ4n) is 4.15. The number of anilines is 1. The van der Waals surface area contributed by atoms with Gasteiger partial charge in [-0.05, 0) is 57.0 Å². The second-order valence-electron chi connectivity index (χ2n) is 9.39. The van der Waals surface area contributed by atoms with Crippen LogP contribution in [-0.2, 0) is 23.9 Å². The van der Waals surface area contributed by atoms with Gasteiger partial charge >= 0.3 is 18.0 Å². The molecule has 1 heterocycles. The Hall–Kier alpha value is -3.59. The Morgan fingerprint density at radius 2 is 1.64 bits per heavy atom. The van der Waals surface area contributed by atoms with E-state index >= 15 is 0 Å². The topological polar surface area (TPSA) is 114 Å². The van der Waals surface area contributed by atoms with Crippen molar-refractivity contribution >= 4 is 41.2 Å². The number of carbonyl (C=O) groups excluding carboxylic acids is 4. The van der Waals surface area contributed by atoms with Crippen molar-refractivity contribution < 1.29 is 28.7 Å². The number of hydrogen-bond acceptors (Lipinski definition) is 6.